The summed E-state index contributed by atoms with van der Waals surface area (Å²) in [5, 5.41) is 3.13. The van der Waals surface area contributed by atoms with Gasteiger partial charge in [-0.25, -0.2) is 4.79 Å². The van der Waals surface area contributed by atoms with Crippen LogP contribution < -0.4 is 17.1 Å². The zero-order valence-electron chi connectivity index (χ0n) is 5.50. The van der Waals surface area contributed by atoms with Gasteiger partial charge in [-0.15, -0.1) is 0 Å². The lowest BCUT2D eigenvalue weighted by Crippen LogP contribution is -2.24. The molecule has 0 aromatic carbocycles. The second-order valence-corrected chi connectivity index (χ2v) is 1.81. The molecule has 6 nitrogen and oxygen atoms in total. The lowest BCUT2D eigenvalue weighted by atomic mass is 10.4. The van der Waals surface area contributed by atoms with Crippen LogP contribution >= 0.6 is 0 Å². The minimum absolute atomic E-state index is 0.215. The van der Waals surface area contributed by atoms with Gasteiger partial charge < -0.3 is 10.8 Å². The summed E-state index contributed by atoms with van der Waals surface area (Å²) in [6.07, 6.45) is 2.38. The van der Waals surface area contributed by atoms with Crippen molar-refractivity contribution >= 4 is 6.21 Å². The third-order valence-corrected chi connectivity index (χ3v) is 1.06. The van der Waals surface area contributed by atoms with Crippen LogP contribution in [0.15, 0.2) is 20.9 Å². The third-order valence-electron chi connectivity index (χ3n) is 1.06. The predicted molar refractivity (Wildman–Crippen MR) is 39.5 cm³/mol. The van der Waals surface area contributed by atoms with E-state index in [-0.39, 0.29) is 5.56 Å². The lowest BCUT2D eigenvalue weighted by molar-refractivity contribution is 1.03. The van der Waals surface area contributed by atoms with Gasteiger partial charge in [-0.2, -0.15) is 5.10 Å². The summed E-state index contributed by atoms with van der Waals surface area (Å²) < 4.78 is 0. The number of rotatable bonds is 1. The fourth-order valence-corrected chi connectivity index (χ4v) is 0.596. The van der Waals surface area contributed by atoms with Crippen molar-refractivity contribution in [3.63, 3.8) is 0 Å². The van der Waals surface area contributed by atoms with Gasteiger partial charge in [0.05, 0.1) is 11.8 Å². The zero-order chi connectivity index (χ0) is 8.27. The van der Waals surface area contributed by atoms with Crippen molar-refractivity contribution in [2.75, 3.05) is 0 Å². The minimum atomic E-state index is -0.552. The maximum absolute atomic E-state index is 10.8. The molecule has 6 heteroatoms. The van der Waals surface area contributed by atoms with Gasteiger partial charge in [0.15, 0.2) is 0 Å². The van der Waals surface area contributed by atoms with Crippen LogP contribution in [-0.4, -0.2) is 16.2 Å². The van der Waals surface area contributed by atoms with Gasteiger partial charge in [0, 0.05) is 6.20 Å². The number of hydrazone groups is 1. The number of nitrogens with two attached hydrogens (primary N) is 1. The van der Waals surface area contributed by atoms with E-state index >= 15 is 0 Å². The van der Waals surface area contributed by atoms with Crippen molar-refractivity contribution in [2.45, 2.75) is 0 Å². The Morgan fingerprint density at radius 3 is 2.82 bits per heavy atom. The minimum Gasteiger partial charge on any atom is -0.323 e. The smallest absolute Gasteiger partial charge is 0.323 e. The number of aromatic nitrogens is 2. The van der Waals surface area contributed by atoms with Crippen molar-refractivity contribution in [1.82, 2.24) is 9.97 Å². The number of aromatic amines is 2. The summed E-state index contributed by atoms with van der Waals surface area (Å²) in [7, 11) is 0. The van der Waals surface area contributed by atoms with E-state index in [4.69, 9.17) is 5.84 Å². The van der Waals surface area contributed by atoms with Crippen LogP contribution in [0.4, 0.5) is 0 Å². The first-order chi connectivity index (χ1) is 5.24. The van der Waals surface area contributed by atoms with Crippen molar-refractivity contribution in [1.29, 1.82) is 0 Å². The molecule has 0 radical (unpaired) electrons. The highest BCUT2D eigenvalue weighted by molar-refractivity contribution is 5.77. The van der Waals surface area contributed by atoms with Crippen molar-refractivity contribution in [3.8, 4) is 0 Å². The number of hydrogen-bond acceptors (Lipinski definition) is 4. The predicted octanol–water partition coefficient (Wildman–Crippen LogP) is -1.64. The van der Waals surface area contributed by atoms with Crippen LogP contribution in [0.1, 0.15) is 5.56 Å². The fraction of sp³-hybridized carbons (Fsp3) is 0. The topological polar surface area (TPSA) is 104 Å². The maximum Gasteiger partial charge on any atom is 0.325 e. The zero-order valence-corrected chi connectivity index (χ0v) is 5.50. The van der Waals surface area contributed by atoms with E-state index in [0.29, 0.717) is 0 Å². The highest BCUT2D eigenvalue weighted by Crippen LogP contribution is 1.74. The molecule has 0 aliphatic rings. The van der Waals surface area contributed by atoms with E-state index in [2.05, 4.69) is 10.1 Å². The first-order valence-corrected chi connectivity index (χ1v) is 2.79. The van der Waals surface area contributed by atoms with E-state index in [0.717, 1.165) is 6.21 Å². The molecule has 0 spiro atoms. The Hall–Kier alpha value is -1.85. The standard InChI is InChI=1S/C5H6N4O2/c6-8-2-3-1-7-5(11)9-4(3)10/h1-2H,6H2,(H2,7,9,10,11)/b8-2+. The van der Waals surface area contributed by atoms with E-state index in [1.54, 1.807) is 0 Å². The van der Waals surface area contributed by atoms with Crippen LogP contribution in [0.5, 0.6) is 0 Å². The normalized spacial score (nSPS) is 10.5. The Balaban J connectivity index is 3.31. The molecule has 0 aliphatic heterocycles. The Labute approximate surface area is 60.8 Å². The van der Waals surface area contributed by atoms with Gasteiger partial charge >= 0.3 is 5.69 Å². The van der Waals surface area contributed by atoms with Gasteiger partial charge in [-0.3, -0.25) is 9.78 Å². The molecule has 0 amide bonds. The Bertz CT molecular complexity index is 375. The van der Waals surface area contributed by atoms with Crippen LogP contribution in [0, 0.1) is 0 Å². The van der Waals surface area contributed by atoms with E-state index in [1.165, 1.54) is 6.20 Å². The van der Waals surface area contributed by atoms with Crippen LogP contribution in [0.2, 0.25) is 0 Å². The highest BCUT2D eigenvalue weighted by Gasteiger charge is 1.93. The molecule has 0 unspecified atom stereocenters. The summed E-state index contributed by atoms with van der Waals surface area (Å²) >= 11 is 0. The second-order valence-electron chi connectivity index (χ2n) is 1.81. The van der Waals surface area contributed by atoms with Gasteiger partial charge in [0.1, 0.15) is 0 Å². The molecule has 1 aromatic heterocycles. The third kappa shape index (κ3) is 1.54. The summed E-state index contributed by atoms with van der Waals surface area (Å²) in [6, 6.07) is 0. The summed E-state index contributed by atoms with van der Waals surface area (Å²) in [4.78, 5) is 25.5. The average molecular weight is 154 g/mol. The number of nitrogens with zero attached hydrogens (tertiary/aromatic N) is 1. The highest BCUT2D eigenvalue weighted by atomic mass is 16.2. The average Bonchev–Trinajstić information content (AvgIpc) is 1.95. The van der Waals surface area contributed by atoms with E-state index in [1.807, 2.05) is 4.98 Å². The first-order valence-electron chi connectivity index (χ1n) is 2.79. The van der Waals surface area contributed by atoms with Gasteiger partial charge in [0.25, 0.3) is 5.56 Å². The molecule has 0 saturated carbocycles. The number of H-pyrrole nitrogens is 2. The van der Waals surface area contributed by atoms with Crippen LogP contribution in [-0.2, 0) is 0 Å². The quantitative estimate of drug-likeness (QED) is 0.256. The molecule has 1 rings (SSSR count). The first kappa shape index (κ1) is 7.26. The molecule has 58 valence electrons. The van der Waals surface area contributed by atoms with Crippen molar-refractivity contribution in [3.05, 3.63) is 32.6 Å². The molecule has 0 bridgehead atoms. The number of hydrogen-bond donors (Lipinski definition) is 3. The molecular formula is C5H6N4O2. The largest absolute Gasteiger partial charge is 0.325 e. The molecule has 0 atom stereocenters. The molecule has 1 heterocycles. The van der Waals surface area contributed by atoms with Gasteiger partial charge in [0.2, 0.25) is 0 Å². The number of nitrogens with one attached hydrogen (secondary N) is 2. The molecule has 4 N–H and O–H groups in total. The molecule has 1 aromatic rings. The Morgan fingerprint density at radius 1 is 1.55 bits per heavy atom. The molecule has 0 fully saturated rings. The monoisotopic (exact) mass is 154 g/mol. The molecular weight excluding hydrogens is 148 g/mol. The maximum atomic E-state index is 10.8. The fourth-order valence-electron chi connectivity index (χ4n) is 0.596. The second kappa shape index (κ2) is 2.82. The molecule has 0 aliphatic carbocycles. The Kier molecular flexibility index (Phi) is 1.86. The van der Waals surface area contributed by atoms with Crippen molar-refractivity contribution in [2.24, 2.45) is 10.9 Å². The van der Waals surface area contributed by atoms with Gasteiger partial charge in [-0.05, 0) is 0 Å². The van der Waals surface area contributed by atoms with E-state index < -0.39 is 11.2 Å². The Morgan fingerprint density at radius 2 is 2.27 bits per heavy atom. The van der Waals surface area contributed by atoms with E-state index in [9.17, 15) is 9.59 Å². The lowest BCUT2D eigenvalue weighted by Gasteiger charge is -1.86. The van der Waals surface area contributed by atoms with Crippen molar-refractivity contribution < 1.29 is 0 Å². The summed E-state index contributed by atoms with van der Waals surface area (Å²) in [6.45, 7) is 0. The molecule has 0 saturated heterocycles. The summed E-state index contributed by atoms with van der Waals surface area (Å²) in [5.41, 5.74) is -0.848. The SMILES string of the molecule is N/N=C/c1c[nH]c(=O)[nH]c1=O. The van der Waals surface area contributed by atoms with Gasteiger partial charge in [-0.1, -0.05) is 0 Å². The molecule has 11 heavy (non-hydrogen) atoms. The summed E-state index contributed by atoms with van der Waals surface area (Å²) in [5.74, 6) is 4.79. The van der Waals surface area contributed by atoms with Crippen LogP contribution in [0.3, 0.4) is 0 Å². The van der Waals surface area contributed by atoms with Crippen LogP contribution in [0.25, 0.3) is 0 Å².